The Labute approximate surface area is 137 Å². The summed E-state index contributed by atoms with van der Waals surface area (Å²) in [6.45, 7) is 2.02. The third-order valence-corrected chi connectivity index (χ3v) is 5.63. The molecule has 0 spiro atoms. The average molecular weight is 329 g/mol. The van der Waals surface area contributed by atoms with E-state index in [4.69, 9.17) is 10.3 Å². The van der Waals surface area contributed by atoms with E-state index in [2.05, 4.69) is 10.1 Å². The van der Waals surface area contributed by atoms with Gasteiger partial charge in [-0.05, 0) is 55.5 Å². The van der Waals surface area contributed by atoms with E-state index in [-0.39, 0.29) is 5.82 Å². The lowest BCUT2D eigenvalue weighted by molar-refractivity contribution is 0.229. The molecule has 4 nitrogen and oxygen atoms in total. The highest BCUT2D eigenvalue weighted by Gasteiger charge is 2.39. The van der Waals surface area contributed by atoms with Gasteiger partial charge in [0.25, 0.3) is 5.89 Å². The Morgan fingerprint density at radius 3 is 2.65 bits per heavy atom. The molecule has 0 aliphatic heterocycles. The molecule has 1 fully saturated rings. The van der Waals surface area contributed by atoms with Crippen LogP contribution in [0.4, 0.5) is 4.39 Å². The number of aryl methyl sites for hydroxylation is 1. The highest BCUT2D eigenvalue weighted by Crippen LogP contribution is 2.40. The molecule has 4 rings (SSSR count). The largest absolute Gasteiger partial charge is 0.333 e. The zero-order valence-corrected chi connectivity index (χ0v) is 13.5. The molecule has 2 N–H and O–H groups in total. The van der Waals surface area contributed by atoms with E-state index in [0.29, 0.717) is 11.7 Å². The van der Waals surface area contributed by atoms with Gasteiger partial charge in [-0.2, -0.15) is 4.98 Å². The number of rotatable bonds is 3. The highest BCUT2D eigenvalue weighted by atomic mass is 32.1. The number of hydrogen-bond acceptors (Lipinski definition) is 5. The van der Waals surface area contributed by atoms with Gasteiger partial charge < -0.3 is 10.3 Å². The lowest BCUT2D eigenvalue weighted by Crippen LogP contribution is -2.44. The fraction of sp³-hybridized carbons (Fsp3) is 0.294. The van der Waals surface area contributed by atoms with Gasteiger partial charge in [-0.15, -0.1) is 11.3 Å². The molecule has 1 saturated carbocycles. The molecule has 1 aliphatic carbocycles. The minimum Gasteiger partial charge on any atom is -0.333 e. The molecule has 0 bridgehead atoms. The topological polar surface area (TPSA) is 64.9 Å². The van der Waals surface area contributed by atoms with Crippen molar-refractivity contribution in [3.63, 3.8) is 0 Å². The van der Waals surface area contributed by atoms with Gasteiger partial charge in [0.2, 0.25) is 0 Å². The first kappa shape index (κ1) is 14.5. The van der Waals surface area contributed by atoms with Gasteiger partial charge in [0.05, 0.1) is 10.4 Å². The van der Waals surface area contributed by atoms with Crippen molar-refractivity contribution in [2.24, 2.45) is 5.73 Å². The predicted molar refractivity (Wildman–Crippen MR) is 87.5 cm³/mol. The number of nitrogens with zero attached hydrogens (tertiary/aromatic N) is 2. The average Bonchev–Trinajstić information content (AvgIpc) is 3.13. The molecule has 3 aromatic rings. The molecule has 0 amide bonds. The number of benzene rings is 1. The Morgan fingerprint density at radius 2 is 2.00 bits per heavy atom. The Kier molecular flexibility index (Phi) is 3.32. The van der Waals surface area contributed by atoms with Crippen LogP contribution < -0.4 is 5.73 Å². The molecule has 0 radical (unpaired) electrons. The summed E-state index contributed by atoms with van der Waals surface area (Å²) >= 11 is 1.56. The van der Waals surface area contributed by atoms with E-state index in [1.54, 1.807) is 23.5 Å². The van der Waals surface area contributed by atoms with Crippen LogP contribution in [0.3, 0.4) is 0 Å². The first-order valence-corrected chi connectivity index (χ1v) is 8.37. The molecular formula is C17H16FN3OS. The molecule has 2 heterocycles. The summed E-state index contributed by atoms with van der Waals surface area (Å²) in [6, 6.07) is 8.51. The standard InChI is InChI=1S/C17H16FN3OS/c1-10-9-13(23-14(10)11-3-5-12(18)6-4-11)15-20-16(21-22-15)17(19)7-2-8-17/h3-6,9H,2,7-8,19H2,1H3. The Morgan fingerprint density at radius 1 is 1.26 bits per heavy atom. The lowest BCUT2D eigenvalue weighted by Gasteiger charge is -2.34. The summed E-state index contributed by atoms with van der Waals surface area (Å²) in [6.07, 6.45) is 2.90. The normalized spacial score (nSPS) is 16.3. The van der Waals surface area contributed by atoms with Gasteiger partial charge in [-0.1, -0.05) is 17.3 Å². The summed E-state index contributed by atoms with van der Waals surface area (Å²) in [5.74, 6) is 0.852. The van der Waals surface area contributed by atoms with Crippen LogP contribution in [-0.4, -0.2) is 10.1 Å². The van der Waals surface area contributed by atoms with Gasteiger partial charge in [-0.3, -0.25) is 0 Å². The SMILES string of the molecule is Cc1cc(-c2nc(C3(N)CCC3)no2)sc1-c1ccc(F)cc1. The van der Waals surface area contributed by atoms with E-state index < -0.39 is 5.54 Å². The summed E-state index contributed by atoms with van der Waals surface area (Å²) in [7, 11) is 0. The summed E-state index contributed by atoms with van der Waals surface area (Å²) < 4.78 is 18.5. The molecule has 6 heteroatoms. The zero-order valence-electron chi connectivity index (χ0n) is 12.7. The van der Waals surface area contributed by atoms with E-state index in [1.807, 2.05) is 13.0 Å². The monoisotopic (exact) mass is 329 g/mol. The maximum absolute atomic E-state index is 13.1. The second-order valence-electron chi connectivity index (χ2n) is 6.06. The van der Waals surface area contributed by atoms with Crippen LogP contribution in [0.25, 0.3) is 21.2 Å². The van der Waals surface area contributed by atoms with Crippen LogP contribution in [0.5, 0.6) is 0 Å². The minimum atomic E-state index is -0.423. The number of thiophene rings is 1. The van der Waals surface area contributed by atoms with Gasteiger partial charge >= 0.3 is 0 Å². The second-order valence-corrected chi connectivity index (χ2v) is 7.11. The van der Waals surface area contributed by atoms with Gasteiger partial charge in [0.15, 0.2) is 5.82 Å². The molecule has 2 aromatic heterocycles. The Bertz CT molecular complexity index is 849. The molecule has 23 heavy (non-hydrogen) atoms. The zero-order chi connectivity index (χ0) is 16.0. The highest BCUT2D eigenvalue weighted by molar-refractivity contribution is 7.19. The lowest BCUT2D eigenvalue weighted by atomic mass is 9.77. The van der Waals surface area contributed by atoms with Crippen molar-refractivity contribution in [1.82, 2.24) is 10.1 Å². The minimum absolute atomic E-state index is 0.238. The van der Waals surface area contributed by atoms with Gasteiger partial charge in [0.1, 0.15) is 5.82 Å². The van der Waals surface area contributed by atoms with Crippen LogP contribution in [-0.2, 0) is 5.54 Å². The summed E-state index contributed by atoms with van der Waals surface area (Å²) in [5.41, 5.74) is 7.90. The summed E-state index contributed by atoms with van der Waals surface area (Å²) in [4.78, 5) is 6.47. The van der Waals surface area contributed by atoms with E-state index in [1.165, 1.54) is 12.1 Å². The van der Waals surface area contributed by atoms with Gasteiger partial charge in [-0.25, -0.2) is 4.39 Å². The van der Waals surface area contributed by atoms with Crippen LogP contribution in [0, 0.1) is 12.7 Å². The molecule has 0 saturated heterocycles. The maximum atomic E-state index is 13.1. The smallest absolute Gasteiger partial charge is 0.268 e. The molecule has 118 valence electrons. The van der Waals surface area contributed by atoms with Crippen LogP contribution in [0.15, 0.2) is 34.9 Å². The third-order valence-electron chi connectivity index (χ3n) is 4.35. The molecular weight excluding hydrogens is 313 g/mol. The number of nitrogens with two attached hydrogens (primary N) is 1. The Balaban J connectivity index is 1.68. The molecule has 0 unspecified atom stereocenters. The van der Waals surface area contributed by atoms with Gasteiger partial charge in [0, 0.05) is 4.88 Å². The van der Waals surface area contributed by atoms with Crippen molar-refractivity contribution in [2.45, 2.75) is 31.7 Å². The maximum Gasteiger partial charge on any atom is 0.268 e. The van der Waals surface area contributed by atoms with Crippen molar-refractivity contribution in [3.8, 4) is 21.2 Å². The fourth-order valence-electron chi connectivity index (χ4n) is 2.78. The first-order chi connectivity index (χ1) is 11.0. The van der Waals surface area contributed by atoms with E-state index in [9.17, 15) is 4.39 Å². The Hall–Kier alpha value is -2.05. The number of halogens is 1. The van der Waals surface area contributed by atoms with Crippen LogP contribution in [0.2, 0.25) is 0 Å². The summed E-state index contributed by atoms with van der Waals surface area (Å²) in [5, 5.41) is 4.06. The predicted octanol–water partition coefficient (Wildman–Crippen LogP) is 4.25. The first-order valence-electron chi connectivity index (χ1n) is 7.55. The van der Waals surface area contributed by atoms with Crippen LogP contribution >= 0.6 is 11.3 Å². The number of aromatic nitrogens is 2. The molecule has 1 aromatic carbocycles. The van der Waals surface area contributed by atoms with Crippen molar-refractivity contribution in [1.29, 1.82) is 0 Å². The van der Waals surface area contributed by atoms with Crippen molar-refractivity contribution in [2.75, 3.05) is 0 Å². The fourth-order valence-corrected chi connectivity index (χ4v) is 3.88. The quantitative estimate of drug-likeness (QED) is 0.780. The van der Waals surface area contributed by atoms with Crippen LogP contribution in [0.1, 0.15) is 30.7 Å². The molecule has 1 aliphatic rings. The van der Waals surface area contributed by atoms with Crippen molar-refractivity contribution in [3.05, 3.63) is 47.5 Å². The van der Waals surface area contributed by atoms with Crippen molar-refractivity contribution >= 4 is 11.3 Å². The number of hydrogen-bond donors (Lipinski definition) is 1. The molecule has 0 atom stereocenters. The second kappa shape index (κ2) is 5.25. The van der Waals surface area contributed by atoms with E-state index in [0.717, 1.165) is 40.1 Å². The third kappa shape index (κ3) is 2.48. The van der Waals surface area contributed by atoms with Crippen molar-refractivity contribution < 1.29 is 8.91 Å². The van der Waals surface area contributed by atoms with E-state index >= 15 is 0 Å².